The maximum atomic E-state index is 11.1. The molecule has 4 heterocycles. The van der Waals surface area contributed by atoms with Crippen molar-refractivity contribution in [3.63, 3.8) is 0 Å². The van der Waals surface area contributed by atoms with Crippen LogP contribution in [0.25, 0.3) is 11.9 Å². The molecule has 0 atom stereocenters. The molecule has 69 heavy (non-hydrogen) atoms. The van der Waals surface area contributed by atoms with Crippen LogP contribution in [-0.4, -0.2) is 91.7 Å². The van der Waals surface area contributed by atoms with Crippen LogP contribution in [0.15, 0.2) is 158 Å². The smallest absolute Gasteiger partial charge is 0.444 e. The summed E-state index contributed by atoms with van der Waals surface area (Å²) in [6.07, 6.45) is 7.14. The summed E-state index contributed by atoms with van der Waals surface area (Å²) >= 11 is 0. The van der Waals surface area contributed by atoms with Crippen LogP contribution in [0, 0.1) is 0 Å². The van der Waals surface area contributed by atoms with Gasteiger partial charge in [0.15, 0.2) is 0 Å². The lowest BCUT2D eigenvalue weighted by Crippen LogP contribution is -2.32. The Labute approximate surface area is 389 Å². The lowest BCUT2D eigenvalue weighted by molar-refractivity contribution is -0.603. The second kappa shape index (κ2) is 22.4. The minimum Gasteiger partial charge on any atom is -0.759 e. The molecule has 348 valence electrons. The Bertz CT molecular complexity index is 2830. The maximum absolute atomic E-state index is 11.1. The van der Waals surface area contributed by atoms with Crippen molar-refractivity contribution in [1.82, 2.24) is 29.9 Å². The van der Waals surface area contributed by atoms with E-state index in [1.165, 1.54) is 48.5 Å². The van der Waals surface area contributed by atoms with Crippen molar-refractivity contribution in [2.75, 3.05) is 21.3 Å². The highest BCUT2D eigenvalue weighted by Gasteiger charge is 2.20. The molecular formula is C44H34N12O12S. The molecule has 0 bridgehead atoms. The second-order valence-corrected chi connectivity index (χ2v) is 14.4. The average Bonchev–Trinajstić information content (AvgIpc) is 3.32. The number of rotatable bonds is 14. The third-order valence-corrected chi connectivity index (χ3v) is 8.69. The molecule has 8 N–H and O–H groups in total. The zero-order chi connectivity index (χ0) is 49.5. The molecule has 0 spiro atoms. The Kier molecular flexibility index (Phi) is 15.8. The maximum Gasteiger partial charge on any atom is 0.444 e. The highest BCUT2D eigenvalue weighted by Crippen LogP contribution is 2.21. The number of aromatic carboxylic acids is 4. The summed E-state index contributed by atoms with van der Waals surface area (Å²) in [6, 6.07) is 35.7. The van der Waals surface area contributed by atoms with Crippen LogP contribution in [-0.2, 0) is 10.4 Å². The summed E-state index contributed by atoms with van der Waals surface area (Å²) in [5, 5.41) is 48.4. The van der Waals surface area contributed by atoms with E-state index in [0.717, 1.165) is 0 Å². The molecule has 0 saturated heterocycles. The number of benzene rings is 4. The number of carboxylic acid groups (broad SMARTS) is 4. The fourth-order valence-electron chi connectivity index (χ4n) is 5.55. The Morgan fingerprint density at radius 1 is 0.377 bits per heavy atom. The van der Waals surface area contributed by atoms with E-state index in [1.54, 1.807) is 82.5 Å². The minimum absolute atomic E-state index is 0.166. The molecule has 4 aromatic heterocycles. The highest BCUT2D eigenvalue weighted by molar-refractivity contribution is 7.79. The van der Waals surface area contributed by atoms with E-state index in [1.807, 2.05) is 36.4 Å². The van der Waals surface area contributed by atoms with E-state index < -0.39 is 34.3 Å². The largest absolute Gasteiger partial charge is 0.759 e. The van der Waals surface area contributed by atoms with Gasteiger partial charge in [0, 0.05) is 33.1 Å². The molecule has 0 amide bonds. The van der Waals surface area contributed by atoms with E-state index in [9.17, 15) is 19.2 Å². The summed E-state index contributed by atoms with van der Waals surface area (Å²) in [4.78, 5) is 70.7. The standard InChI is InChI=1S/2C22H16N6O4.H2O4S/c2*29-18(30)14-4-8-16(9-5-14)23-20-25-21(24-17-10-6-15(7-11-17)19(31)32)27-22(26-20)28-12-2-1-3-13-28;1-5(2,3)4/h2*1-13H,(H3-,23,24,25,26,27,29,30,31,32);(H2,1,2,3,4). The van der Waals surface area contributed by atoms with Crippen molar-refractivity contribution < 1.29 is 66.3 Å². The normalized spacial score (nSPS) is 10.5. The monoisotopic (exact) mass is 954 g/mol. The van der Waals surface area contributed by atoms with Gasteiger partial charge in [-0.2, -0.15) is 0 Å². The van der Waals surface area contributed by atoms with Gasteiger partial charge in [-0.1, -0.05) is 12.1 Å². The van der Waals surface area contributed by atoms with Crippen molar-refractivity contribution in [1.29, 1.82) is 0 Å². The Balaban J connectivity index is 0.000000207. The number of nitrogens with zero attached hydrogens (tertiary/aromatic N) is 8. The molecule has 0 aliphatic carbocycles. The van der Waals surface area contributed by atoms with Crippen LogP contribution in [0.2, 0.25) is 0 Å². The van der Waals surface area contributed by atoms with Gasteiger partial charge in [-0.3, -0.25) is 8.42 Å². The zero-order valence-corrected chi connectivity index (χ0v) is 35.9. The molecule has 0 saturated carbocycles. The van der Waals surface area contributed by atoms with Gasteiger partial charge in [0.05, 0.1) is 47.0 Å². The van der Waals surface area contributed by atoms with Gasteiger partial charge < -0.3 is 50.8 Å². The number of carbonyl (C=O) groups is 4. The average molecular weight is 955 g/mol. The molecule has 8 rings (SSSR count). The SMILES string of the molecule is O=C(O)c1ccc(Nc2nc(Nc3ccc(C(=O)O)cc3)nc(-[n+]3ccccc3)n2)cc1.O=C(O)c1ccc(Nc2nc(Nc3ccc(C(=O)O)cc3)nc(-[n+]3ccccc3)n2)cc1.O=S(=O)([O-])[O-]. The summed E-state index contributed by atoms with van der Waals surface area (Å²) in [5.74, 6) is -2.43. The number of nitrogens with one attached hydrogen (secondary N) is 4. The molecule has 0 fully saturated rings. The van der Waals surface area contributed by atoms with Crippen molar-refractivity contribution in [2.45, 2.75) is 0 Å². The highest BCUT2D eigenvalue weighted by atomic mass is 32.3. The summed E-state index contributed by atoms with van der Waals surface area (Å²) in [6.45, 7) is 0. The molecule has 25 heteroatoms. The number of carboxylic acids is 4. The van der Waals surface area contributed by atoms with Crippen molar-refractivity contribution in [2.24, 2.45) is 0 Å². The number of hydrogen-bond donors (Lipinski definition) is 8. The van der Waals surface area contributed by atoms with Crippen LogP contribution < -0.4 is 30.4 Å². The summed E-state index contributed by atoms with van der Waals surface area (Å²) in [7, 11) is -5.17. The van der Waals surface area contributed by atoms with E-state index in [0.29, 0.717) is 34.6 Å². The van der Waals surface area contributed by atoms with E-state index in [2.05, 4.69) is 51.2 Å². The van der Waals surface area contributed by atoms with E-state index in [-0.39, 0.29) is 46.0 Å². The Morgan fingerprint density at radius 2 is 0.580 bits per heavy atom. The van der Waals surface area contributed by atoms with Gasteiger partial charge in [0.25, 0.3) is 0 Å². The van der Waals surface area contributed by atoms with Crippen molar-refractivity contribution in [3.8, 4) is 11.9 Å². The van der Waals surface area contributed by atoms with Gasteiger partial charge >= 0.3 is 59.6 Å². The molecule has 4 aromatic carbocycles. The van der Waals surface area contributed by atoms with Crippen LogP contribution in [0.3, 0.4) is 0 Å². The number of pyridine rings is 2. The minimum atomic E-state index is -5.17. The second-order valence-electron chi connectivity index (χ2n) is 13.6. The lowest BCUT2D eigenvalue weighted by Gasteiger charge is -2.06. The van der Waals surface area contributed by atoms with Crippen molar-refractivity contribution >= 4 is 80.8 Å². The van der Waals surface area contributed by atoms with Gasteiger partial charge in [-0.05, 0) is 141 Å². The van der Waals surface area contributed by atoms with Crippen molar-refractivity contribution in [3.05, 3.63) is 181 Å². The molecule has 0 unspecified atom stereocenters. The van der Waals surface area contributed by atoms with Crippen LogP contribution in [0.5, 0.6) is 0 Å². The summed E-state index contributed by atoms with van der Waals surface area (Å²) in [5.41, 5.74) is 3.06. The number of anilines is 8. The lowest BCUT2D eigenvalue weighted by atomic mass is 10.2. The number of aromatic nitrogens is 8. The Morgan fingerprint density at radius 3 is 0.768 bits per heavy atom. The quantitative estimate of drug-likeness (QED) is 0.0415. The molecule has 24 nitrogen and oxygen atoms in total. The first-order valence-electron chi connectivity index (χ1n) is 19.5. The first kappa shape index (κ1) is 48.6. The fourth-order valence-corrected chi connectivity index (χ4v) is 5.55. The van der Waals surface area contributed by atoms with E-state index in [4.69, 9.17) is 37.9 Å². The topological polar surface area (TPSA) is 363 Å². The first-order valence-corrected chi connectivity index (χ1v) is 20.8. The predicted molar refractivity (Wildman–Crippen MR) is 240 cm³/mol. The van der Waals surface area contributed by atoms with E-state index >= 15 is 0 Å². The van der Waals surface area contributed by atoms with Crippen LogP contribution in [0.1, 0.15) is 41.4 Å². The van der Waals surface area contributed by atoms with Gasteiger partial charge in [0.2, 0.25) is 0 Å². The Hall–Kier alpha value is -9.85. The van der Waals surface area contributed by atoms with Gasteiger partial charge in [0.1, 0.15) is 0 Å². The predicted octanol–water partition coefficient (Wildman–Crippen LogP) is 4.73. The van der Waals surface area contributed by atoms with Gasteiger partial charge in [-0.15, -0.1) is 9.97 Å². The third kappa shape index (κ3) is 15.1. The summed E-state index contributed by atoms with van der Waals surface area (Å²) < 4.78 is 37.5. The molecule has 8 aromatic rings. The fraction of sp³-hybridized carbons (Fsp3) is 0. The molecule has 0 aliphatic heterocycles. The van der Waals surface area contributed by atoms with Crippen LogP contribution in [0.4, 0.5) is 46.5 Å². The van der Waals surface area contributed by atoms with Crippen LogP contribution >= 0.6 is 0 Å². The molecular weight excluding hydrogens is 921 g/mol. The molecule has 0 radical (unpaired) electrons. The zero-order valence-electron chi connectivity index (χ0n) is 35.1. The number of hydrogen-bond acceptors (Lipinski definition) is 18. The van der Waals surface area contributed by atoms with Gasteiger partial charge in [-0.25, -0.2) is 28.3 Å². The third-order valence-electron chi connectivity index (χ3n) is 8.69. The first-order chi connectivity index (χ1) is 32.9. The molecule has 0 aliphatic rings.